The van der Waals surface area contributed by atoms with Crippen LogP contribution < -0.4 is 4.90 Å². The van der Waals surface area contributed by atoms with Gasteiger partial charge in [-0.15, -0.1) is 0 Å². The van der Waals surface area contributed by atoms with Crippen molar-refractivity contribution >= 4 is 17.4 Å². The van der Waals surface area contributed by atoms with E-state index in [2.05, 4.69) is 9.97 Å². The summed E-state index contributed by atoms with van der Waals surface area (Å²) in [6.07, 6.45) is -5.17. The first-order valence-corrected chi connectivity index (χ1v) is 6.64. The van der Waals surface area contributed by atoms with E-state index in [1.165, 1.54) is 6.07 Å². The largest absolute Gasteiger partial charge is 0.451 e. The maximum atomic E-state index is 12.7. The number of morpholine rings is 1. The van der Waals surface area contributed by atoms with Crippen molar-refractivity contribution in [2.75, 3.05) is 24.6 Å². The average Bonchev–Trinajstić information content (AvgIpc) is 2.35. The number of aromatic nitrogens is 2. The number of aliphatic hydroxyl groups is 1. The lowest BCUT2D eigenvalue weighted by Crippen LogP contribution is -2.54. The Bertz CT molecular complexity index is 525. The van der Waals surface area contributed by atoms with Crippen molar-refractivity contribution in [1.29, 1.82) is 0 Å². The molecule has 0 aromatic carbocycles. The van der Waals surface area contributed by atoms with E-state index in [9.17, 15) is 18.3 Å². The Morgan fingerprint density at radius 3 is 2.71 bits per heavy atom. The fourth-order valence-electron chi connectivity index (χ4n) is 2.26. The maximum absolute atomic E-state index is 12.7. The lowest BCUT2D eigenvalue weighted by Gasteiger charge is -2.42. The molecule has 0 bridgehead atoms. The molecule has 1 unspecified atom stereocenters. The molecule has 118 valence electrons. The summed E-state index contributed by atoms with van der Waals surface area (Å²) in [4.78, 5) is 8.33. The molecule has 2 rings (SSSR count). The van der Waals surface area contributed by atoms with Crippen molar-refractivity contribution < 1.29 is 23.0 Å². The molecule has 0 amide bonds. The molecule has 0 radical (unpaired) electrons. The van der Waals surface area contributed by atoms with Gasteiger partial charge in [-0.05, 0) is 13.8 Å². The number of hydrogen-bond acceptors (Lipinski definition) is 5. The molecule has 1 N–H and O–H groups in total. The SMILES string of the molecule is CC1(C)CN(c2cc(Cl)nc(C(F)(F)F)n2)CC(CO)O1. The Hall–Kier alpha value is -1.12. The highest BCUT2D eigenvalue weighted by atomic mass is 35.5. The van der Waals surface area contributed by atoms with Crippen molar-refractivity contribution in [2.24, 2.45) is 0 Å². The molecule has 1 aromatic heterocycles. The minimum atomic E-state index is -4.67. The number of anilines is 1. The zero-order valence-electron chi connectivity index (χ0n) is 11.5. The summed E-state index contributed by atoms with van der Waals surface area (Å²) >= 11 is 5.66. The zero-order chi connectivity index (χ0) is 15.8. The zero-order valence-corrected chi connectivity index (χ0v) is 12.2. The Kier molecular flexibility index (Phi) is 4.32. The normalized spacial score (nSPS) is 22.4. The molecular formula is C12H15ClF3N3O2. The highest BCUT2D eigenvalue weighted by Gasteiger charge is 2.38. The van der Waals surface area contributed by atoms with Crippen LogP contribution in [0, 0.1) is 0 Å². The second-order valence-electron chi connectivity index (χ2n) is 5.43. The van der Waals surface area contributed by atoms with Gasteiger partial charge in [0.15, 0.2) is 0 Å². The number of nitrogens with zero attached hydrogens (tertiary/aromatic N) is 3. The summed E-state index contributed by atoms with van der Waals surface area (Å²) in [5.41, 5.74) is -0.624. The third-order valence-corrected chi connectivity index (χ3v) is 3.14. The number of alkyl halides is 3. The summed E-state index contributed by atoms with van der Waals surface area (Å²) < 4.78 is 43.8. The monoisotopic (exact) mass is 325 g/mol. The molecule has 1 aliphatic rings. The first kappa shape index (κ1) is 16.3. The Morgan fingerprint density at radius 2 is 2.14 bits per heavy atom. The van der Waals surface area contributed by atoms with E-state index in [0.29, 0.717) is 6.54 Å². The summed E-state index contributed by atoms with van der Waals surface area (Å²) in [5.74, 6) is -1.22. The van der Waals surface area contributed by atoms with Crippen molar-refractivity contribution in [2.45, 2.75) is 31.7 Å². The summed E-state index contributed by atoms with van der Waals surface area (Å²) in [5, 5.41) is 8.96. The lowest BCUT2D eigenvalue weighted by molar-refractivity contribution is -0.144. The van der Waals surface area contributed by atoms with Gasteiger partial charge in [0.2, 0.25) is 5.82 Å². The smallest absolute Gasteiger partial charge is 0.394 e. The first-order chi connectivity index (χ1) is 9.60. The summed E-state index contributed by atoms with van der Waals surface area (Å²) in [6.45, 7) is 3.90. The second-order valence-corrected chi connectivity index (χ2v) is 5.82. The van der Waals surface area contributed by atoms with Crippen LogP contribution in [-0.4, -0.2) is 46.5 Å². The van der Waals surface area contributed by atoms with Crippen LogP contribution >= 0.6 is 11.6 Å². The van der Waals surface area contributed by atoms with Gasteiger partial charge < -0.3 is 14.7 Å². The van der Waals surface area contributed by atoms with Gasteiger partial charge in [0, 0.05) is 19.2 Å². The van der Waals surface area contributed by atoms with Crippen molar-refractivity contribution in [1.82, 2.24) is 9.97 Å². The molecule has 1 fully saturated rings. The molecule has 21 heavy (non-hydrogen) atoms. The molecule has 9 heteroatoms. The van der Waals surface area contributed by atoms with Crippen LogP contribution in [0.5, 0.6) is 0 Å². The number of ether oxygens (including phenoxy) is 1. The van der Waals surface area contributed by atoms with Crippen molar-refractivity contribution in [3.05, 3.63) is 17.0 Å². The molecular weight excluding hydrogens is 311 g/mol. The minimum Gasteiger partial charge on any atom is -0.394 e. The predicted molar refractivity (Wildman–Crippen MR) is 70.3 cm³/mol. The molecule has 1 saturated heterocycles. The highest BCUT2D eigenvalue weighted by Crippen LogP contribution is 2.31. The van der Waals surface area contributed by atoms with E-state index in [4.69, 9.17) is 16.3 Å². The Morgan fingerprint density at radius 1 is 1.48 bits per heavy atom. The van der Waals surface area contributed by atoms with Gasteiger partial charge in [0.25, 0.3) is 0 Å². The Balaban J connectivity index is 2.34. The standard InChI is InChI=1S/C12H15ClF3N3O2/c1-11(2)6-19(4-7(5-20)21-11)9-3-8(13)17-10(18-9)12(14,15)16/h3,7,20H,4-6H2,1-2H3. The third-order valence-electron chi connectivity index (χ3n) is 2.94. The first-order valence-electron chi connectivity index (χ1n) is 6.26. The van der Waals surface area contributed by atoms with E-state index >= 15 is 0 Å². The van der Waals surface area contributed by atoms with Crippen LogP contribution in [0.15, 0.2) is 6.07 Å². The van der Waals surface area contributed by atoms with Gasteiger partial charge in [-0.3, -0.25) is 0 Å². The van der Waals surface area contributed by atoms with E-state index < -0.39 is 23.7 Å². The van der Waals surface area contributed by atoms with Crippen LogP contribution in [0.2, 0.25) is 5.15 Å². The predicted octanol–water partition coefficient (Wildman–Crippen LogP) is 2.12. The van der Waals surface area contributed by atoms with E-state index in [1.807, 2.05) is 0 Å². The lowest BCUT2D eigenvalue weighted by atomic mass is 10.1. The number of aliphatic hydroxyl groups excluding tert-OH is 1. The van der Waals surface area contributed by atoms with Gasteiger partial charge in [0.1, 0.15) is 11.0 Å². The molecule has 2 heterocycles. The molecule has 1 aromatic rings. The quantitative estimate of drug-likeness (QED) is 0.844. The minimum absolute atomic E-state index is 0.0668. The van der Waals surface area contributed by atoms with Gasteiger partial charge >= 0.3 is 6.18 Å². The van der Waals surface area contributed by atoms with Gasteiger partial charge in [-0.1, -0.05) is 11.6 Å². The van der Waals surface area contributed by atoms with Crippen LogP contribution in [0.1, 0.15) is 19.7 Å². The number of halogens is 4. The van der Waals surface area contributed by atoms with Crippen LogP contribution in [0.3, 0.4) is 0 Å². The van der Waals surface area contributed by atoms with Gasteiger partial charge in [-0.2, -0.15) is 13.2 Å². The molecule has 0 saturated carbocycles. The molecule has 0 spiro atoms. The van der Waals surface area contributed by atoms with Crippen LogP contribution in [-0.2, 0) is 10.9 Å². The summed E-state index contributed by atoms with van der Waals surface area (Å²) in [7, 11) is 0. The number of rotatable bonds is 2. The topological polar surface area (TPSA) is 58.5 Å². The van der Waals surface area contributed by atoms with Crippen molar-refractivity contribution in [3.63, 3.8) is 0 Å². The molecule has 1 aliphatic heterocycles. The third kappa shape index (κ3) is 3.96. The fraction of sp³-hybridized carbons (Fsp3) is 0.667. The van der Waals surface area contributed by atoms with E-state index in [-0.39, 0.29) is 24.1 Å². The summed E-state index contributed by atoms with van der Waals surface area (Å²) in [6, 6.07) is 1.27. The Labute approximate surface area is 124 Å². The van der Waals surface area contributed by atoms with E-state index in [0.717, 1.165) is 0 Å². The average molecular weight is 326 g/mol. The maximum Gasteiger partial charge on any atom is 0.451 e. The number of hydrogen-bond donors (Lipinski definition) is 1. The molecule has 5 nitrogen and oxygen atoms in total. The van der Waals surface area contributed by atoms with Gasteiger partial charge in [0.05, 0.1) is 18.3 Å². The molecule has 1 atom stereocenters. The van der Waals surface area contributed by atoms with Gasteiger partial charge in [-0.25, -0.2) is 9.97 Å². The van der Waals surface area contributed by atoms with Crippen LogP contribution in [0.4, 0.5) is 19.0 Å². The van der Waals surface area contributed by atoms with E-state index in [1.54, 1.807) is 18.7 Å². The van der Waals surface area contributed by atoms with Crippen molar-refractivity contribution in [3.8, 4) is 0 Å². The van der Waals surface area contributed by atoms with Crippen LogP contribution in [0.25, 0.3) is 0 Å². The fourth-order valence-corrected chi connectivity index (χ4v) is 2.44. The highest BCUT2D eigenvalue weighted by molar-refractivity contribution is 6.29. The molecule has 0 aliphatic carbocycles. The second kappa shape index (κ2) is 5.58.